The minimum atomic E-state index is -0.00689. The van der Waals surface area contributed by atoms with Crippen molar-refractivity contribution in [1.29, 1.82) is 5.26 Å². The summed E-state index contributed by atoms with van der Waals surface area (Å²) in [6.45, 7) is 12.4. The first-order valence-corrected chi connectivity index (χ1v) is 7.82. The van der Waals surface area contributed by atoms with E-state index in [-0.39, 0.29) is 23.5 Å². The molecule has 1 fully saturated rings. The van der Waals surface area contributed by atoms with E-state index in [1.807, 2.05) is 13.1 Å². The Bertz CT molecular complexity index is 562. The SMILES string of the molecule is Cc1c(I)cnc(N2CC(C)(C)NC(C)(C)C2)c1C#N.Cl. The number of halogens is 2. The van der Waals surface area contributed by atoms with Crippen molar-refractivity contribution >= 4 is 40.8 Å². The molecule has 1 aliphatic heterocycles. The van der Waals surface area contributed by atoms with Crippen LogP contribution in [0.25, 0.3) is 0 Å². The minimum Gasteiger partial charge on any atom is -0.352 e. The Balaban J connectivity index is 0.00000220. The molecule has 0 unspecified atom stereocenters. The zero-order chi connectivity index (χ0) is 15.1. The summed E-state index contributed by atoms with van der Waals surface area (Å²) in [5.41, 5.74) is 1.71. The number of pyridine rings is 1. The Morgan fingerprint density at radius 1 is 1.29 bits per heavy atom. The van der Waals surface area contributed by atoms with Gasteiger partial charge in [-0.05, 0) is 62.8 Å². The van der Waals surface area contributed by atoms with Crippen LogP contribution >= 0.6 is 35.0 Å². The monoisotopic (exact) mass is 420 g/mol. The van der Waals surface area contributed by atoms with E-state index >= 15 is 0 Å². The average Bonchev–Trinajstić information content (AvgIpc) is 2.28. The van der Waals surface area contributed by atoms with Crippen molar-refractivity contribution in [3.8, 4) is 6.07 Å². The number of anilines is 1. The zero-order valence-corrected chi connectivity index (χ0v) is 16.1. The lowest BCUT2D eigenvalue weighted by Gasteiger charge is -2.48. The van der Waals surface area contributed by atoms with Crippen molar-refractivity contribution in [3.05, 3.63) is 20.9 Å². The Morgan fingerprint density at radius 3 is 2.29 bits per heavy atom. The fourth-order valence-electron chi connectivity index (χ4n) is 3.10. The molecule has 0 amide bonds. The molecule has 0 radical (unpaired) electrons. The van der Waals surface area contributed by atoms with Crippen LogP contribution in [0.15, 0.2) is 6.20 Å². The van der Waals surface area contributed by atoms with Gasteiger partial charge in [0.15, 0.2) is 0 Å². The molecule has 0 saturated carbocycles. The normalized spacial score (nSPS) is 19.6. The van der Waals surface area contributed by atoms with Gasteiger partial charge in [-0.15, -0.1) is 12.4 Å². The van der Waals surface area contributed by atoms with Crippen LogP contribution in [0.5, 0.6) is 0 Å². The first-order chi connectivity index (χ1) is 9.15. The molecule has 1 aromatic heterocycles. The molecular formula is C15H22ClIN4. The Labute approximate surface area is 146 Å². The molecule has 0 atom stereocenters. The Hall–Kier alpha value is -0.580. The van der Waals surface area contributed by atoms with Gasteiger partial charge in [0.1, 0.15) is 11.9 Å². The fourth-order valence-corrected chi connectivity index (χ4v) is 3.50. The summed E-state index contributed by atoms with van der Waals surface area (Å²) in [5, 5.41) is 13.1. The van der Waals surface area contributed by atoms with Crippen LogP contribution in [0.2, 0.25) is 0 Å². The molecule has 0 aliphatic carbocycles. The highest BCUT2D eigenvalue weighted by Crippen LogP contribution is 2.29. The zero-order valence-electron chi connectivity index (χ0n) is 13.1. The lowest BCUT2D eigenvalue weighted by molar-refractivity contribution is 0.225. The highest BCUT2D eigenvalue weighted by molar-refractivity contribution is 14.1. The molecule has 1 saturated heterocycles. The van der Waals surface area contributed by atoms with Crippen LogP contribution in [0, 0.1) is 21.8 Å². The van der Waals surface area contributed by atoms with Crippen molar-refractivity contribution in [2.75, 3.05) is 18.0 Å². The van der Waals surface area contributed by atoms with Gasteiger partial charge in [-0.1, -0.05) is 0 Å². The number of hydrogen-bond donors (Lipinski definition) is 1. The maximum absolute atomic E-state index is 9.48. The van der Waals surface area contributed by atoms with E-state index in [9.17, 15) is 5.26 Å². The molecule has 1 N–H and O–H groups in total. The standard InChI is InChI=1S/C15H21IN4.ClH/c1-10-11(6-17)13(18-7-12(10)16)20-8-14(2,3)19-15(4,5)9-20;/h7,19H,8-9H2,1-5H3;1H. The molecular weight excluding hydrogens is 399 g/mol. The van der Waals surface area contributed by atoms with Crippen molar-refractivity contribution in [2.24, 2.45) is 0 Å². The maximum Gasteiger partial charge on any atom is 0.146 e. The largest absolute Gasteiger partial charge is 0.352 e. The predicted molar refractivity (Wildman–Crippen MR) is 97.2 cm³/mol. The summed E-state index contributed by atoms with van der Waals surface area (Å²) in [7, 11) is 0. The van der Waals surface area contributed by atoms with Gasteiger partial charge in [-0.2, -0.15) is 5.26 Å². The van der Waals surface area contributed by atoms with E-state index in [4.69, 9.17) is 0 Å². The van der Waals surface area contributed by atoms with Gasteiger partial charge in [0.25, 0.3) is 0 Å². The van der Waals surface area contributed by atoms with E-state index in [1.165, 1.54) is 0 Å². The summed E-state index contributed by atoms with van der Waals surface area (Å²) >= 11 is 2.23. The van der Waals surface area contributed by atoms with E-state index in [2.05, 4.69) is 71.6 Å². The highest BCUT2D eigenvalue weighted by atomic mass is 127. The Kier molecular flexibility index (Phi) is 5.51. The molecule has 1 aromatic rings. The second kappa shape index (κ2) is 6.27. The third kappa shape index (κ3) is 3.99. The highest BCUT2D eigenvalue weighted by Gasteiger charge is 2.37. The molecule has 116 valence electrons. The first kappa shape index (κ1) is 18.5. The molecule has 21 heavy (non-hydrogen) atoms. The molecule has 2 heterocycles. The van der Waals surface area contributed by atoms with Gasteiger partial charge in [0.05, 0.1) is 5.56 Å². The van der Waals surface area contributed by atoms with Gasteiger partial charge >= 0.3 is 0 Å². The average molecular weight is 421 g/mol. The molecule has 0 aromatic carbocycles. The van der Waals surface area contributed by atoms with E-state index in [0.717, 1.165) is 28.0 Å². The number of nitriles is 1. The molecule has 1 aliphatic rings. The topological polar surface area (TPSA) is 52.0 Å². The van der Waals surface area contributed by atoms with Gasteiger partial charge in [0, 0.05) is 33.9 Å². The van der Waals surface area contributed by atoms with Crippen LogP contribution in [-0.4, -0.2) is 29.2 Å². The number of nitrogens with one attached hydrogen (secondary N) is 1. The van der Waals surface area contributed by atoms with Crippen molar-refractivity contribution in [1.82, 2.24) is 10.3 Å². The second-order valence-electron chi connectivity index (χ2n) is 6.79. The van der Waals surface area contributed by atoms with Gasteiger partial charge in [-0.25, -0.2) is 4.98 Å². The smallest absolute Gasteiger partial charge is 0.146 e. The molecule has 2 rings (SSSR count). The summed E-state index contributed by atoms with van der Waals surface area (Å²) in [6, 6.07) is 2.33. The third-order valence-corrected chi connectivity index (χ3v) is 4.61. The molecule has 0 spiro atoms. The number of hydrogen-bond acceptors (Lipinski definition) is 4. The van der Waals surface area contributed by atoms with Gasteiger partial charge < -0.3 is 10.2 Å². The van der Waals surface area contributed by atoms with Crippen LogP contribution in [0.4, 0.5) is 5.82 Å². The van der Waals surface area contributed by atoms with Crippen LogP contribution in [0.1, 0.15) is 38.8 Å². The summed E-state index contributed by atoms with van der Waals surface area (Å²) in [5.74, 6) is 0.813. The van der Waals surface area contributed by atoms with Crippen molar-refractivity contribution in [3.63, 3.8) is 0 Å². The fraction of sp³-hybridized carbons (Fsp3) is 0.600. The summed E-state index contributed by atoms with van der Waals surface area (Å²) in [6.07, 6.45) is 1.86. The lowest BCUT2D eigenvalue weighted by atomic mass is 9.91. The van der Waals surface area contributed by atoms with Crippen molar-refractivity contribution < 1.29 is 0 Å². The van der Waals surface area contributed by atoms with E-state index < -0.39 is 0 Å². The number of nitrogens with zero attached hydrogens (tertiary/aromatic N) is 3. The summed E-state index contributed by atoms with van der Waals surface area (Å²) < 4.78 is 1.04. The number of piperazine rings is 1. The van der Waals surface area contributed by atoms with Crippen molar-refractivity contribution in [2.45, 2.75) is 45.7 Å². The lowest BCUT2D eigenvalue weighted by Crippen LogP contribution is -2.67. The van der Waals surface area contributed by atoms with Crippen LogP contribution < -0.4 is 10.2 Å². The number of rotatable bonds is 1. The second-order valence-corrected chi connectivity index (χ2v) is 7.95. The maximum atomic E-state index is 9.48. The predicted octanol–water partition coefficient (Wildman–Crippen LogP) is 3.25. The third-order valence-electron chi connectivity index (χ3n) is 3.52. The first-order valence-electron chi connectivity index (χ1n) is 6.75. The van der Waals surface area contributed by atoms with Crippen LogP contribution in [-0.2, 0) is 0 Å². The molecule has 4 nitrogen and oxygen atoms in total. The summed E-state index contributed by atoms with van der Waals surface area (Å²) in [4.78, 5) is 6.77. The molecule has 0 bridgehead atoms. The number of aromatic nitrogens is 1. The van der Waals surface area contributed by atoms with Gasteiger partial charge in [0.2, 0.25) is 0 Å². The van der Waals surface area contributed by atoms with E-state index in [0.29, 0.717) is 5.56 Å². The Morgan fingerprint density at radius 2 is 1.81 bits per heavy atom. The van der Waals surface area contributed by atoms with E-state index in [1.54, 1.807) is 0 Å². The van der Waals surface area contributed by atoms with Crippen LogP contribution in [0.3, 0.4) is 0 Å². The van der Waals surface area contributed by atoms with Gasteiger partial charge in [-0.3, -0.25) is 0 Å². The molecule has 6 heteroatoms. The quantitative estimate of drug-likeness (QED) is 0.709. The minimum absolute atomic E-state index is 0.